The zero-order valence-corrected chi connectivity index (χ0v) is 11.8. The van der Waals surface area contributed by atoms with Crippen LogP contribution in [0.4, 0.5) is 11.8 Å². The van der Waals surface area contributed by atoms with Crippen molar-refractivity contribution in [1.82, 2.24) is 19.9 Å². The molecule has 0 amide bonds. The Kier molecular flexibility index (Phi) is 2.73. The second-order valence-electron chi connectivity index (χ2n) is 5.16. The summed E-state index contributed by atoms with van der Waals surface area (Å²) in [6, 6.07) is 8.59. The van der Waals surface area contributed by atoms with Gasteiger partial charge >= 0.3 is 0 Å². The van der Waals surface area contributed by atoms with Gasteiger partial charge in [0.25, 0.3) is 0 Å². The van der Waals surface area contributed by atoms with Gasteiger partial charge < -0.3 is 15.2 Å². The molecular formula is C15H16N6. The summed E-state index contributed by atoms with van der Waals surface area (Å²) in [5.74, 6) is 1.51. The van der Waals surface area contributed by atoms with Gasteiger partial charge in [-0.25, -0.2) is 4.98 Å². The Bertz CT molecular complexity index is 794. The standard InChI is InChI=1S/C15H16N6/c1-16-15-19-13-12(17-9-18-13)14(20-15)21-7-6-10-4-2-3-5-11(10)8-21/h2-5,9H,6-8H2,1H3,(H2,16,17,18,19,20). The SMILES string of the molecule is CNc1nc(N2CCc3ccccc3C2)c2[nH]cnc2n1. The molecule has 0 atom stereocenters. The zero-order valence-electron chi connectivity index (χ0n) is 11.8. The summed E-state index contributed by atoms with van der Waals surface area (Å²) in [6.45, 7) is 1.82. The molecule has 6 heteroatoms. The number of rotatable bonds is 2. The Morgan fingerprint density at radius 3 is 2.90 bits per heavy atom. The van der Waals surface area contributed by atoms with Crippen molar-refractivity contribution in [2.75, 3.05) is 23.8 Å². The van der Waals surface area contributed by atoms with Crippen molar-refractivity contribution >= 4 is 22.9 Å². The first-order chi connectivity index (χ1) is 10.3. The maximum atomic E-state index is 4.62. The average Bonchev–Trinajstić information content (AvgIpc) is 3.01. The summed E-state index contributed by atoms with van der Waals surface area (Å²) in [5, 5.41) is 3.00. The van der Waals surface area contributed by atoms with E-state index in [-0.39, 0.29) is 0 Å². The highest BCUT2D eigenvalue weighted by Crippen LogP contribution is 2.27. The van der Waals surface area contributed by atoms with Gasteiger partial charge in [0, 0.05) is 20.1 Å². The average molecular weight is 280 g/mol. The van der Waals surface area contributed by atoms with Crippen LogP contribution < -0.4 is 10.2 Å². The second kappa shape index (κ2) is 4.73. The quantitative estimate of drug-likeness (QED) is 0.751. The van der Waals surface area contributed by atoms with E-state index >= 15 is 0 Å². The molecule has 0 spiro atoms. The maximum Gasteiger partial charge on any atom is 0.226 e. The molecule has 3 aromatic rings. The van der Waals surface area contributed by atoms with Gasteiger partial charge in [0.1, 0.15) is 5.52 Å². The van der Waals surface area contributed by atoms with E-state index in [1.54, 1.807) is 6.33 Å². The summed E-state index contributed by atoms with van der Waals surface area (Å²) in [7, 11) is 1.82. The van der Waals surface area contributed by atoms with Crippen LogP contribution in [0.3, 0.4) is 0 Å². The van der Waals surface area contributed by atoms with Crippen LogP contribution in [-0.4, -0.2) is 33.5 Å². The normalized spacial score (nSPS) is 14.2. The molecule has 0 fully saturated rings. The lowest BCUT2D eigenvalue weighted by molar-refractivity contribution is 0.723. The van der Waals surface area contributed by atoms with Crippen molar-refractivity contribution in [2.24, 2.45) is 0 Å². The predicted molar refractivity (Wildman–Crippen MR) is 82.4 cm³/mol. The van der Waals surface area contributed by atoms with Gasteiger partial charge in [-0.3, -0.25) is 0 Å². The minimum Gasteiger partial charge on any atom is -0.357 e. The minimum atomic E-state index is 0.600. The van der Waals surface area contributed by atoms with E-state index in [1.807, 2.05) is 7.05 Å². The van der Waals surface area contributed by atoms with Crippen LogP contribution in [0.2, 0.25) is 0 Å². The van der Waals surface area contributed by atoms with E-state index < -0.39 is 0 Å². The summed E-state index contributed by atoms with van der Waals surface area (Å²) in [6.07, 6.45) is 2.70. The highest BCUT2D eigenvalue weighted by Gasteiger charge is 2.21. The molecule has 0 unspecified atom stereocenters. The van der Waals surface area contributed by atoms with Gasteiger partial charge in [-0.1, -0.05) is 24.3 Å². The number of nitrogens with zero attached hydrogens (tertiary/aromatic N) is 4. The van der Waals surface area contributed by atoms with E-state index in [4.69, 9.17) is 0 Å². The third kappa shape index (κ3) is 1.99. The molecule has 0 radical (unpaired) electrons. The number of hydrogen-bond donors (Lipinski definition) is 2. The Morgan fingerprint density at radius 2 is 2.05 bits per heavy atom. The number of imidazole rings is 1. The highest BCUT2D eigenvalue weighted by atomic mass is 15.2. The third-order valence-electron chi connectivity index (χ3n) is 3.92. The molecule has 106 valence electrons. The summed E-state index contributed by atoms with van der Waals surface area (Å²) < 4.78 is 0. The van der Waals surface area contributed by atoms with Crippen molar-refractivity contribution in [3.8, 4) is 0 Å². The molecule has 6 nitrogen and oxygen atoms in total. The van der Waals surface area contributed by atoms with Crippen LogP contribution in [0, 0.1) is 0 Å². The summed E-state index contributed by atoms with van der Waals surface area (Å²) >= 11 is 0. The fraction of sp³-hybridized carbons (Fsp3) is 0.267. The molecule has 21 heavy (non-hydrogen) atoms. The fourth-order valence-corrected chi connectivity index (χ4v) is 2.84. The van der Waals surface area contributed by atoms with Gasteiger partial charge in [0.15, 0.2) is 11.5 Å². The largest absolute Gasteiger partial charge is 0.357 e. The molecule has 0 saturated heterocycles. The Morgan fingerprint density at radius 1 is 1.19 bits per heavy atom. The zero-order chi connectivity index (χ0) is 14.2. The molecule has 1 aliphatic heterocycles. The van der Waals surface area contributed by atoms with Gasteiger partial charge in [-0.2, -0.15) is 9.97 Å². The Labute approximate surface area is 122 Å². The lowest BCUT2D eigenvalue weighted by Gasteiger charge is -2.30. The Hall–Kier alpha value is -2.63. The van der Waals surface area contributed by atoms with E-state index in [2.05, 4.69) is 54.4 Å². The van der Waals surface area contributed by atoms with Gasteiger partial charge in [-0.05, 0) is 17.5 Å². The van der Waals surface area contributed by atoms with Crippen molar-refractivity contribution in [3.63, 3.8) is 0 Å². The molecular weight excluding hydrogens is 264 g/mol. The number of benzene rings is 1. The summed E-state index contributed by atoms with van der Waals surface area (Å²) in [4.78, 5) is 18.7. The number of H-pyrrole nitrogens is 1. The van der Waals surface area contributed by atoms with Crippen LogP contribution in [0.5, 0.6) is 0 Å². The number of fused-ring (bicyclic) bond motifs is 2. The predicted octanol–water partition coefficient (Wildman–Crippen LogP) is 1.96. The first-order valence-corrected chi connectivity index (χ1v) is 7.06. The number of hydrogen-bond acceptors (Lipinski definition) is 5. The van der Waals surface area contributed by atoms with E-state index in [9.17, 15) is 0 Å². The molecule has 0 aliphatic carbocycles. The monoisotopic (exact) mass is 280 g/mol. The minimum absolute atomic E-state index is 0.600. The number of aromatic nitrogens is 4. The third-order valence-corrected chi connectivity index (χ3v) is 3.92. The number of anilines is 2. The van der Waals surface area contributed by atoms with Gasteiger partial charge in [0.05, 0.1) is 6.33 Å². The molecule has 1 aliphatic rings. The van der Waals surface area contributed by atoms with Crippen molar-refractivity contribution in [3.05, 3.63) is 41.7 Å². The van der Waals surface area contributed by atoms with Crippen LogP contribution in [0.25, 0.3) is 11.2 Å². The Balaban J connectivity index is 1.79. The van der Waals surface area contributed by atoms with Crippen LogP contribution >= 0.6 is 0 Å². The fourth-order valence-electron chi connectivity index (χ4n) is 2.84. The van der Waals surface area contributed by atoms with Crippen LogP contribution in [0.15, 0.2) is 30.6 Å². The maximum absolute atomic E-state index is 4.62. The van der Waals surface area contributed by atoms with Crippen LogP contribution in [-0.2, 0) is 13.0 Å². The molecule has 2 aromatic heterocycles. The lowest BCUT2D eigenvalue weighted by Crippen LogP contribution is -2.31. The van der Waals surface area contributed by atoms with Crippen molar-refractivity contribution < 1.29 is 0 Å². The highest BCUT2D eigenvalue weighted by molar-refractivity contribution is 5.84. The van der Waals surface area contributed by atoms with E-state index in [1.165, 1.54) is 11.1 Å². The first-order valence-electron chi connectivity index (χ1n) is 7.06. The first kappa shape index (κ1) is 12.1. The van der Waals surface area contributed by atoms with Gasteiger partial charge in [0.2, 0.25) is 5.95 Å². The molecule has 3 heterocycles. The molecule has 0 saturated carbocycles. The molecule has 1 aromatic carbocycles. The van der Waals surface area contributed by atoms with E-state index in [0.717, 1.165) is 30.8 Å². The smallest absolute Gasteiger partial charge is 0.226 e. The van der Waals surface area contributed by atoms with Crippen molar-refractivity contribution in [1.29, 1.82) is 0 Å². The molecule has 4 rings (SSSR count). The number of nitrogens with one attached hydrogen (secondary N) is 2. The second-order valence-corrected chi connectivity index (χ2v) is 5.16. The van der Waals surface area contributed by atoms with Crippen molar-refractivity contribution in [2.45, 2.75) is 13.0 Å². The number of aromatic amines is 1. The van der Waals surface area contributed by atoms with E-state index in [0.29, 0.717) is 11.6 Å². The van der Waals surface area contributed by atoms with Crippen LogP contribution in [0.1, 0.15) is 11.1 Å². The lowest BCUT2D eigenvalue weighted by atomic mass is 10.00. The molecule has 0 bridgehead atoms. The topological polar surface area (TPSA) is 69.7 Å². The summed E-state index contributed by atoms with van der Waals surface area (Å²) in [5.41, 5.74) is 4.38. The van der Waals surface area contributed by atoms with Gasteiger partial charge in [-0.15, -0.1) is 0 Å². The molecule has 2 N–H and O–H groups in total.